The van der Waals surface area contributed by atoms with Gasteiger partial charge in [0.2, 0.25) is 0 Å². The van der Waals surface area contributed by atoms with Crippen LogP contribution >= 0.6 is 0 Å². The topological polar surface area (TPSA) is 107 Å². The SMILES string of the molecule is Cc1cccc(-n2c(=O)[nH]c3c(C(N)=O)nc(-c4cccc(F)c4)nc32)c1. The molecule has 0 aliphatic heterocycles. The molecule has 2 aromatic heterocycles. The van der Waals surface area contributed by atoms with Crippen LogP contribution < -0.4 is 11.4 Å². The molecule has 0 aliphatic carbocycles. The number of benzene rings is 2. The first-order chi connectivity index (χ1) is 12.9. The molecule has 134 valence electrons. The third-order valence-corrected chi connectivity index (χ3v) is 4.11. The average molecular weight is 363 g/mol. The van der Waals surface area contributed by atoms with Crippen LogP contribution in [0.5, 0.6) is 0 Å². The number of H-pyrrole nitrogens is 1. The highest BCUT2D eigenvalue weighted by Gasteiger charge is 2.20. The van der Waals surface area contributed by atoms with Crippen LogP contribution in [0.25, 0.3) is 28.2 Å². The summed E-state index contributed by atoms with van der Waals surface area (Å²) in [5, 5.41) is 0. The van der Waals surface area contributed by atoms with Crippen molar-refractivity contribution >= 4 is 17.1 Å². The molecule has 8 heteroatoms. The minimum absolute atomic E-state index is 0.0937. The van der Waals surface area contributed by atoms with Crippen LogP contribution in [0, 0.1) is 12.7 Å². The van der Waals surface area contributed by atoms with Crippen molar-refractivity contribution in [3.8, 4) is 17.1 Å². The van der Waals surface area contributed by atoms with Crippen LogP contribution in [0.3, 0.4) is 0 Å². The highest BCUT2D eigenvalue weighted by Crippen LogP contribution is 2.22. The Morgan fingerprint density at radius 1 is 1.15 bits per heavy atom. The molecule has 0 aliphatic rings. The van der Waals surface area contributed by atoms with Crippen molar-refractivity contribution in [2.45, 2.75) is 6.92 Å². The second-order valence-corrected chi connectivity index (χ2v) is 6.07. The van der Waals surface area contributed by atoms with E-state index in [0.717, 1.165) is 5.56 Å². The summed E-state index contributed by atoms with van der Waals surface area (Å²) in [5.74, 6) is -1.20. The van der Waals surface area contributed by atoms with E-state index in [4.69, 9.17) is 5.73 Å². The van der Waals surface area contributed by atoms with Gasteiger partial charge in [0.05, 0.1) is 5.69 Å². The average Bonchev–Trinajstić information content (AvgIpc) is 2.96. The van der Waals surface area contributed by atoms with Gasteiger partial charge in [0.1, 0.15) is 11.3 Å². The lowest BCUT2D eigenvalue weighted by Crippen LogP contribution is -2.15. The van der Waals surface area contributed by atoms with E-state index < -0.39 is 17.4 Å². The number of carbonyl (C=O) groups excluding carboxylic acids is 1. The molecule has 0 spiro atoms. The molecule has 0 fully saturated rings. The molecule has 4 aromatic rings. The van der Waals surface area contributed by atoms with E-state index in [1.165, 1.54) is 22.8 Å². The van der Waals surface area contributed by atoms with Gasteiger partial charge in [-0.15, -0.1) is 0 Å². The molecule has 0 atom stereocenters. The summed E-state index contributed by atoms with van der Waals surface area (Å²) in [5.41, 5.74) is 7.03. The molecule has 0 saturated heterocycles. The van der Waals surface area contributed by atoms with E-state index >= 15 is 0 Å². The molecule has 1 amide bonds. The Morgan fingerprint density at radius 2 is 1.93 bits per heavy atom. The first-order valence-corrected chi connectivity index (χ1v) is 8.09. The fourth-order valence-corrected chi connectivity index (χ4v) is 2.93. The molecule has 7 nitrogen and oxygen atoms in total. The van der Waals surface area contributed by atoms with Gasteiger partial charge in [-0.3, -0.25) is 4.79 Å². The maximum absolute atomic E-state index is 13.6. The number of imidazole rings is 1. The second-order valence-electron chi connectivity index (χ2n) is 6.07. The minimum Gasteiger partial charge on any atom is -0.364 e. The van der Waals surface area contributed by atoms with Gasteiger partial charge in [-0.1, -0.05) is 24.3 Å². The van der Waals surface area contributed by atoms with Crippen LogP contribution in [0.15, 0.2) is 53.3 Å². The van der Waals surface area contributed by atoms with Crippen molar-refractivity contribution in [1.82, 2.24) is 19.5 Å². The van der Waals surface area contributed by atoms with Crippen LogP contribution in [0.1, 0.15) is 16.1 Å². The molecule has 3 N–H and O–H groups in total. The van der Waals surface area contributed by atoms with Crippen molar-refractivity contribution in [1.29, 1.82) is 0 Å². The number of carbonyl (C=O) groups is 1. The molecule has 0 unspecified atom stereocenters. The fourth-order valence-electron chi connectivity index (χ4n) is 2.93. The number of nitrogens with one attached hydrogen (secondary N) is 1. The number of nitrogens with two attached hydrogens (primary N) is 1. The largest absolute Gasteiger partial charge is 0.364 e. The van der Waals surface area contributed by atoms with Crippen LogP contribution in [-0.4, -0.2) is 25.4 Å². The monoisotopic (exact) mass is 363 g/mol. The zero-order valence-corrected chi connectivity index (χ0v) is 14.2. The Morgan fingerprint density at radius 3 is 2.63 bits per heavy atom. The normalized spacial score (nSPS) is 11.0. The van der Waals surface area contributed by atoms with Crippen molar-refractivity contribution in [2.75, 3.05) is 0 Å². The minimum atomic E-state index is -0.822. The van der Waals surface area contributed by atoms with Crippen molar-refractivity contribution < 1.29 is 9.18 Å². The number of primary amides is 1. The summed E-state index contributed by atoms with van der Waals surface area (Å²) in [6.45, 7) is 1.89. The molecule has 27 heavy (non-hydrogen) atoms. The molecular weight excluding hydrogens is 349 g/mol. The summed E-state index contributed by atoms with van der Waals surface area (Å²) in [7, 11) is 0. The Kier molecular flexibility index (Phi) is 3.80. The van der Waals surface area contributed by atoms with Crippen molar-refractivity contribution in [3.63, 3.8) is 0 Å². The number of aryl methyl sites for hydroxylation is 1. The van der Waals surface area contributed by atoms with Crippen LogP contribution in [-0.2, 0) is 0 Å². The molecule has 4 rings (SSSR count). The van der Waals surface area contributed by atoms with Crippen molar-refractivity contribution in [2.24, 2.45) is 5.73 Å². The smallest absolute Gasteiger partial charge is 0.332 e. The predicted molar refractivity (Wildman–Crippen MR) is 98.1 cm³/mol. The van der Waals surface area contributed by atoms with Gasteiger partial charge in [0.25, 0.3) is 5.91 Å². The molecule has 2 aromatic carbocycles. The number of amides is 1. The summed E-state index contributed by atoms with van der Waals surface area (Å²) in [6, 6.07) is 12.9. The summed E-state index contributed by atoms with van der Waals surface area (Å²) in [4.78, 5) is 35.6. The van der Waals surface area contributed by atoms with Gasteiger partial charge in [-0.2, -0.15) is 0 Å². The maximum atomic E-state index is 13.6. The number of rotatable bonds is 3. The molecular formula is C19H14FN5O2. The zero-order valence-electron chi connectivity index (χ0n) is 14.2. The molecule has 2 heterocycles. The van der Waals surface area contributed by atoms with Gasteiger partial charge in [0.15, 0.2) is 17.2 Å². The number of halogens is 1. The number of hydrogen-bond donors (Lipinski definition) is 2. The van der Waals surface area contributed by atoms with Crippen LogP contribution in [0.4, 0.5) is 4.39 Å². The second kappa shape index (κ2) is 6.17. The van der Waals surface area contributed by atoms with Gasteiger partial charge in [0, 0.05) is 5.56 Å². The summed E-state index contributed by atoms with van der Waals surface area (Å²) in [6.07, 6.45) is 0. The molecule has 0 bridgehead atoms. The van der Waals surface area contributed by atoms with E-state index in [1.807, 2.05) is 19.1 Å². The van der Waals surface area contributed by atoms with Gasteiger partial charge in [-0.05, 0) is 36.8 Å². The first kappa shape index (κ1) is 16.6. The number of aromatic nitrogens is 4. The molecule has 0 saturated carbocycles. The van der Waals surface area contributed by atoms with E-state index in [1.54, 1.807) is 18.2 Å². The highest BCUT2D eigenvalue weighted by atomic mass is 19.1. The lowest BCUT2D eigenvalue weighted by molar-refractivity contribution is 0.0997. The number of nitrogens with zero attached hydrogens (tertiary/aromatic N) is 3. The van der Waals surface area contributed by atoms with E-state index in [2.05, 4.69) is 15.0 Å². The van der Waals surface area contributed by atoms with Gasteiger partial charge >= 0.3 is 5.69 Å². The Balaban J connectivity index is 2.08. The number of aromatic amines is 1. The highest BCUT2D eigenvalue weighted by molar-refractivity contribution is 6.02. The van der Waals surface area contributed by atoms with Crippen molar-refractivity contribution in [3.05, 3.63) is 76.1 Å². The van der Waals surface area contributed by atoms with Gasteiger partial charge < -0.3 is 10.7 Å². The third-order valence-electron chi connectivity index (χ3n) is 4.11. The standard InChI is InChI=1S/C19H14FN5O2/c1-10-4-2-7-13(8-10)25-18-15(23-19(25)27)14(16(21)26)22-17(24-18)11-5-3-6-12(20)9-11/h2-9H,1H3,(H2,21,26)(H,23,27). The summed E-state index contributed by atoms with van der Waals surface area (Å²) >= 11 is 0. The van der Waals surface area contributed by atoms with E-state index in [9.17, 15) is 14.0 Å². The fraction of sp³-hybridized carbons (Fsp3) is 0.0526. The van der Waals surface area contributed by atoms with Gasteiger partial charge in [-0.25, -0.2) is 23.7 Å². The third kappa shape index (κ3) is 2.86. The lowest BCUT2D eigenvalue weighted by Gasteiger charge is -2.07. The number of hydrogen-bond acceptors (Lipinski definition) is 4. The Bertz CT molecular complexity index is 1260. The van der Waals surface area contributed by atoms with E-state index in [0.29, 0.717) is 11.3 Å². The Hall–Kier alpha value is -3.81. The first-order valence-electron chi connectivity index (χ1n) is 8.09. The summed E-state index contributed by atoms with van der Waals surface area (Å²) < 4.78 is 14.9. The molecule has 0 radical (unpaired) electrons. The van der Waals surface area contributed by atoms with E-state index in [-0.39, 0.29) is 22.7 Å². The lowest BCUT2D eigenvalue weighted by atomic mass is 10.2. The predicted octanol–water partition coefficient (Wildman–Crippen LogP) is 2.32. The number of fused-ring (bicyclic) bond motifs is 1. The maximum Gasteiger partial charge on any atom is 0.332 e. The quantitative estimate of drug-likeness (QED) is 0.582. The van der Waals surface area contributed by atoms with Crippen LogP contribution in [0.2, 0.25) is 0 Å². The zero-order chi connectivity index (χ0) is 19.1. The Labute approximate surface area is 152 Å².